The van der Waals surface area contributed by atoms with Crippen molar-refractivity contribution >= 4 is 11.9 Å². The maximum atomic E-state index is 13.1. The van der Waals surface area contributed by atoms with E-state index in [1.165, 1.54) is 0 Å². The number of nitrogens with zero attached hydrogens (tertiary/aromatic N) is 2. The largest absolute Gasteiger partial charge is 0.464 e. The molecule has 2 aromatic carbocycles. The van der Waals surface area contributed by atoms with Crippen LogP contribution in [0.1, 0.15) is 57.0 Å². The highest BCUT2D eigenvalue weighted by Crippen LogP contribution is 2.25. The molecule has 0 saturated heterocycles. The number of carbonyl (C=O) groups excluding carboxylic acids is 2. The number of hydrogen-bond donors (Lipinski definition) is 1. The molecule has 1 amide bonds. The van der Waals surface area contributed by atoms with Crippen LogP contribution in [0, 0.1) is 27.7 Å². The first-order chi connectivity index (χ1) is 14.8. The van der Waals surface area contributed by atoms with Crippen LogP contribution in [0.2, 0.25) is 0 Å². The molecule has 6 heteroatoms. The number of benzene rings is 2. The van der Waals surface area contributed by atoms with Gasteiger partial charge in [0.1, 0.15) is 0 Å². The SMILES string of the molecule is CCOC(=O)[C@@H](NC(=O)c1cccc(C)c1C)c1c(C)nn(Cc2ccccc2)c1C. The molecular formula is C25H29N3O3. The molecule has 0 unspecified atom stereocenters. The van der Waals surface area contributed by atoms with E-state index in [-0.39, 0.29) is 12.5 Å². The van der Waals surface area contributed by atoms with Crippen LogP contribution in [0.25, 0.3) is 0 Å². The summed E-state index contributed by atoms with van der Waals surface area (Å²) in [4.78, 5) is 25.9. The van der Waals surface area contributed by atoms with Crippen molar-refractivity contribution in [2.45, 2.75) is 47.2 Å². The molecule has 0 aliphatic carbocycles. The molecular weight excluding hydrogens is 390 g/mol. The van der Waals surface area contributed by atoms with E-state index >= 15 is 0 Å². The van der Waals surface area contributed by atoms with Gasteiger partial charge in [-0.2, -0.15) is 5.10 Å². The van der Waals surface area contributed by atoms with E-state index < -0.39 is 12.0 Å². The van der Waals surface area contributed by atoms with E-state index in [1.807, 2.05) is 74.8 Å². The summed E-state index contributed by atoms with van der Waals surface area (Å²) in [6.07, 6.45) is 0. The van der Waals surface area contributed by atoms with Crippen molar-refractivity contribution < 1.29 is 14.3 Å². The Morgan fingerprint density at radius 2 is 1.74 bits per heavy atom. The lowest BCUT2D eigenvalue weighted by Crippen LogP contribution is -2.36. The van der Waals surface area contributed by atoms with Gasteiger partial charge < -0.3 is 10.1 Å². The summed E-state index contributed by atoms with van der Waals surface area (Å²) < 4.78 is 7.15. The lowest BCUT2D eigenvalue weighted by molar-refractivity contribution is -0.145. The molecule has 31 heavy (non-hydrogen) atoms. The van der Waals surface area contributed by atoms with Crippen LogP contribution in [0.15, 0.2) is 48.5 Å². The van der Waals surface area contributed by atoms with Crippen molar-refractivity contribution in [1.29, 1.82) is 0 Å². The normalized spacial score (nSPS) is 11.8. The smallest absolute Gasteiger partial charge is 0.333 e. The predicted molar refractivity (Wildman–Crippen MR) is 120 cm³/mol. The molecule has 0 fully saturated rings. The minimum absolute atomic E-state index is 0.227. The van der Waals surface area contributed by atoms with Gasteiger partial charge in [0.25, 0.3) is 5.91 Å². The Balaban J connectivity index is 1.96. The van der Waals surface area contributed by atoms with E-state index in [2.05, 4.69) is 10.4 Å². The zero-order valence-electron chi connectivity index (χ0n) is 18.7. The van der Waals surface area contributed by atoms with Gasteiger partial charge in [-0.1, -0.05) is 42.5 Å². The fraction of sp³-hybridized carbons (Fsp3) is 0.320. The number of aromatic nitrogens is 2. The fourth-order valence-corrected chi connectivity index (χ4v) is 3.72. The minimum atomic E-state index is -0.933. The van der Waals surface area contributed by atoms with Gasteiger partial charge in [-0.3, -0.25) is 9.48 Å². The molecule has 0 aliphatic heterocycles. The van der Waals surface area contributed by atoms with Crippen LogP contribution >= 0.6 is 0 Å². The summed E-state index contributed by atoms with van der Waals surface area (Å²) in [6.45, 7) is 10.2. The molecule has 0 aliphatic rings. The molecule has 0 radical (unpaired) electrons. The molecule has 0 saturated carbocycles. The van der Waals surface area contributed by atoms with E-state index in [0.29, 0.717) is 23.4 Å². The Morgan fingerprint density at radius 3 is 2.42 bits per heavy atom. The van der Waals surface area contributed by atoms with Crippen molar-refractivity contribution in [3.05, 3.63) is 87.7 Å². The molecule has 0 spiro atoms. The second-order valence-electron chi connectivity index (χ2n) is 7.63. The average molecular weight is 420 g/mol. The second-order valence-corrected chi connectivity index (χ2v) is 7.63. The molecule has 1 aromatic heterocycles. The summed E-state index contributed by atoms with van der Waals surface area (Å²) in [5.41, 5.74) is 5.73. The van der Waals surface area contributed by atoms with Crippen LogP contribution in [0.5, 0.6) is 0 Å². The highest BCUT2D eigenvalue weighted by atomic mass is 16.5. The maximum absolute atomic E-state index is 13.1. The van der Waals surface area contributed by atoms with Crippen LogP contribution in [-0.2, 0) is 16.1 Å². The van der Waals surface area contributed by atoms with Gasteiger partial charge in [-0.25, -0.2) is 4.79 Å². The molecule has 0 bridgehead atoms. The number of ether oxygens (including phenoxy) is 1. The van der Waals surface area contributed by atoms with Gasteiger partial charge in [0, 0.05) is 16.8 Å². The molecule has 1 heterocycles. The number of hydrogen-bond acceptors (Lipinski definition) is 4. The van der Waals surface area contributed by atoms with Crippen molar-refractivity contribution in [3.63, 3.8) is 0 Å². The Bertz CT molecular complexity index is 1090. The number of nitrogens with one attached hydrogen (secondary N) is 1. The first-order valence-corrected chi connectivity index (χ1v) is 10.4. The Labute approximate surface area is 183 Å². The summed E-state index contributed by atoms with van der Waals surface area (Å²) in [5, 5.41) is 7.53. The third-order valence-corrected chi connectivity index (χ3v) is 5.55. The first kappa shape index (κ1) is 22.3. The molecule has 162 valence electrons. The number of esters is 1. The van der Waals surface area contributed by atoms with Gasteiger partial charge >= 0.3 is 5.97 Å². The van der Waals surface area contributed by atoms with E-state index in [0.717, 1.165) is 22.4 Å². The van der Waals surface area contributed by atoms with Gasteiger partial charge in [-0.05, 0) is 57.4 Å². The number of amides is 1. The van der Waals surface area contributed by atoms with E-state index in [1.54, 1.807) is 13.0 Å². The average Bonchev–Trinajstić information content (AvgIpc) is 3.02. The molecule has 1 N–H and O–H groups in total. The van der Waals surface area contributed by atoms with Crippen molar-refractivity contribution in [2.75, 3.05) is 6.61 Å². The number of aryl methyl sites for hydroxylation is 2. The quantitative estimate of drug-likeness (QED) is 0.583. The highest BCUT2D eigenvalue weighted by molar-refractivity contribution is 5.98. The Hall–Kier alpha value is -3.41. The zero-order chi connectivity index (χ0) is 22.5. The standard InChI is InChI=1S/C25H29N3O3/c1-6-31-25(30)23(26-24(29)21-14-10-11-16(2)17(21)3)22-18(4)27-28(19(22)5)15-20-12-8-7-9-13-20/h7-14,23H,6,15H2,1-5H3,(H,26,29)/t23-/m0/s1. The summed E-state index contributed by atoms with van der Waals surface area (Å²) >= 11 is 0. The summed E-state index contributed by atoms with van der Waals surface area (Å²) in [5.74, 6) is -0.805. The maximum Gasteiger partial charge on any atom is 0.333 e. The van der Waals surface area contributed by atoms with Gasteiger partial charge in [0.2, 0.25) is 0 Å². The summed E-state index contributed by atoms with van der Waals surface area (Å²) in [7, 11) is 0. The predicted octanol–water partition coefficient (Wildman–Crippen LogP) is 4.20. The van der Waals surface area contributed by atoms with Crippen molar-refractivity contribution in [2.24, 2.45) is 0 Å². The monoisotopic (exact) mass is 419 g/mol. The molecule has 3 rings (SSSR count). The third kappa shape index (κ3) is 4.85. The third-order valence-electron chi connectivity index (χ3n) is 5.55. The second kappa shape index (κ2) is 9.60. The van der Waals surface area contributed by atoms with Gasteiger partial charge in [0.15, 0.2) is 6.04 Å². The Kier molecular flexibility index (Phi) is 6.90. The topological polar surface area (TPSA) is 73.2 Å². The number of rotatable bonds is 7. The van der Waals surface area contributed by atoms with Crippen molar-refractivity contribution in [3.8, 4) is 0 Å². The zero-order valence-corrected chi connectivity index (χ0v) is 18.7. The van der Waals surface area contributed by atoms with Crippen LogP contribution in [0.3, 0.4) is 0 Å². The van der Waals surface area contributed by atoms with Crippen LogP contribution in [0.4, 0.5) is 0 Å². The van der Waals surface area contributed by atoms with Crippen molar-refractivity contribution in [1.82, 2.24) is 15.1 Å². The van der Waals surface area contributed by atoms with E-state index in [9.17, 15) is 9.59 Å². The minimum Gasteiger partial charge on any atom is -0.464 e. The fourth-order valence-electron chi connectivity index (χ4n) is 3.72. The van der Waals surface area contributed by atoms with Crippen LogP contribution < -0.4 is 5.32 Å². The highest BCUT2D eigenvalue weighted by Gasteiger charge is 2.31. The van der Waals surface area contributed by atoms with Crippen LogP contribution in [-0.4, -0.2) is 28.3 Å². The molecule has 3 aromatic rings. The van der Waals surface area contributed by atoms with Gasteiger partial charge in [0.05, 0.1) is 18.8 Å². The van der Waals surface area contributed by atoms with E-state index in [4.69, 9.17) is 4.74 Å². The molecule has 6 nitrogen and oxygen atoms in total. The Morgan fingerprint density at radius 1 is 1.03 bits per heavy atom. The number of carbonyl (C=O) groups is 2. The molecule has 1 atom stereocenters. The lowest BCUT2D eigenvalue weighted by atomic mass is 10.0. The lowest BCUT2D eigenvalue weighted by Gasteiger charge is -2.19. The summed E-state index contributed by atoms with van der Waals surface area (Å²) in [6, 6.07) is 14.6. The van der Waals surface area contributed by atoms with Gasteiger partial charge in [-0.15, -0.1) is 0 Å². The first-order valence-electron chi connectivity index (χ1n) is 10.4.